The van der Waals surface area contributed by atoms with Crippen LogP contribution in [0.1, 0.15) is 57.8 Å². The standard InChI is InChI=1S/C38H39FN6O5/c1-24-4-2-7-35-43-34(23-45(24)35)37(48)42-29-10-8-28(9-11-29)41-36(47)33-20-27(39)21-40-38(33)50-31-6-3-5-25(19-31)32-13-12-30(46)18-26(32)22-44-14-16-49-17-15-44/h2-7,12-13,18-21,23,28-29,46H,8-11,14-17,22H2,1H3,(H,41,47)(H,42,48)/t28-,29+. The second-order valence-corrected chi connectivity index (χ2v) is 12.9. The fraction of sp³-hybridized carbons (Fsp3) is 0.316. The summed E-state index contributed by atoms with van der Waals surface area (Å²) in [5.41, 5.74) is 4.82. The molecule has 2 fully saturated rings. The molecule has 1 saturated heterocycles. The molecule has 1 aliphatic heterocycles. The average Bonchev–Trinajstić information content (AvgIpc) is 3.57. The van der Waals surface area contributed by atoms with Gasteiger partial charge in [0, 0.05) is 43.6 Å². The minimum absolute atomic E-state index is 0.00869. The third kappa shape index (κ3) is 7.61. The fourth-order valence-electron chi connectivity index (χ4n) is 6.66. The molecule has 0 bridgehead atoms. The van der Waals surface area contributed by atoms with E-state index in [-0.39, 0.29) is 35.2 Å². The van der Waals surface area contributed by atoms with Crippen LogP contribution in [0.2, 0.25) is 0 Å². The molecule has 2 aromatic carbocycles. The van der Waals surface area contributed by atoms with Crippen LogP contribution in [0.3, 0.4) is 0 Å². The molecule has 0 spiro atoms. The van der Waals surface area contributed by atoms with E-state index in [1.165, 1.54) is 0 Å². The maximum atomic E-state index is 14.4. The molecule has 5 aromatic rings. The lowest BCUT2D eigenvalue weighted by Gasteiger charge is -2.29. The van der Waals surface area contributed by atoms with E-state index >= 15 is 0 Å². The average molecular weight is 679 g/mol. The van der Waals surface area contributed by atoms with Gasteiger partial charge in [0.15, 0.2) is 0 Å². The predicted molar refractivity (Wildman–Crippen MR) is 185 cm³/mol. The van der Waals surface area contributed by atoms with Crippen LogP contribution in [0, 0.1) is 12.7 Å². The van der Waals surface area contributed by atoms with E-state index in [0.717, 1.165) is 53.4 Å². The number of nitrogens with one attached hydrogen (secondary N) is 2. The van der Waals surface area contributed by atoms with E-state index in [9.17, 15) is 19.1 Å². The van der Waals surface area contributed by atoms with Crippen LogP contribution in [0.25, 0.3) is 16.8 Å². The number of hydrogen-bond acceptors (Lipinski definition) is 8. The highest BCUT2D eigenvalue weighted by molar-refractivity contribution is 5.96. The summed E-state index contributed by atoms with van der Waals surface area (Å²) in [6, 6.07) is 19.3. The van der Waals surface area contributed by atoms with Crippen molar-refractivity contribution in [3.05, 3.63) is 107 Å². The van der Waals surface area contributed by atoms with Gasteiger partial charge in [0.1, 0.15) is 34.2 Å². The van der Waals surface area contributed by atoms with Crippen LogP contribution < -0.4 is 15.4 Å². The normalized spacial score (nSPS) is 18.1. The van der Waals surface area contributed by atoms with Crippen molar-refractivity contribution in [1.82, 2.24) is 29.9 Å². The van der Waals surface area contributed by atoms with Gasteiger partial charge in [0.25, 0.3) is 11.8 Å². The number of phenols is 1. The van der Waals surface area contributed by atoms with Gasteiger partial charge >= 0.3 is 0 Å². The number of morpholine rings is 1. The Morgan fingerprint density at radius 3 is 2.46 bits per heavy atom. The van der Waals surface area contributed by atoms with E-state index in [1.54, 1.807) is 24.4 Å². The highest BCUT2D eigenvalue weighted by Crippen LogP contribution is 2.33. The molecule has 2 amide bonds. The lowest BCUT2D eigenvalue weighted by molar-refractivity contribution is 0.0342. The minimum atomic E-state index is -0.651. The quantitative estimate of drug-likeness (QED) is 0.183. The molecule has 3 N–H and O–H groups in total. The molecule has 12 heteroatoms. The Morgan fingerprint density at radius 1 is 0.960 bits per heavy atom. The molecular formula is C38H39FN6O5. The third-order valence-electron chi connectivity index (χ3n) is 9.33. The number of carbonyl (C=O) groups is 2. The second-order valence-electron chi connectivity index (χ2n) is 12.9. The Bertz CT molecular complexity index is 2020. The van der Waals surface area contributed by atoms with Crippen LogP contribution in [0.5, 0.6) is 17.4 Å². The predicted octanol–water partition coefficient (Wildman–Crippen LogP) is 5.64. The van der Waals surface area contributed by atoms with Gasteiger partial charge in [-0.3, -0.25) is 14.5 Å². The zero-order chi connectivity index (χ0) is 34.6. The number of ether oxygens (including phenoxy) is 2. The topological polar surface area (TPSA) is 130 Å². The van der Waals surface area contributed by atoms with Crippen LogP contribution in [-0.4, -0.2) is 74.6 Å². The highest BCUT2D eigenvalue weighted by atomic mass is 19.1. The van der Waals surface area contributed by atoms with Crippen LogP contribution in [-0.2, 0) is 11.3 Å². The van der Waals surface area contributed by atoms with Crippen molar-refractivity contribution in [2.24, 2.45) is 0 Å². The molecule has 50 heavy (non-hydrogen) atoms. The number of nitrogens with zero attached hydrogens (tertiary/aromatic N) is 4. The fourth-order valence-corrected chi connectivity index (χ4v) is 6.66. The van der Waals surface area contributed by atoms with Gasteiger partial charge in [0.05, 0.1) is 19.4 Å². The van der Waals surface area contributed by atoms with Gasteiger partial charge in [-0.15, -0.1) is 0 Å². The van der Waals surface area contributed by atoms with Crippen molar-refractivity contribution in [3.8, 4) is 28.5 Å². The number of carbonyl (C=O) groups excluding carboxylic acids is 2. The summed E-state index contributed by atoms with van der Waals surface area (Å²) >= 11 is 0. The Balaban J connectivity index is 0.994. The Labute approximate surface area is 289 Å². The van der Waals surface area contributed by atoms with Gasteiger partial charge in [0.2, 0.25) is 5.88 Å². The number of aromatic hydroxyl groups is 1. The zero-order valence-electron chi connectivity index (χ0n) is 27.8. The number of phenolic OH excluding ortho intramolecular Hbond substituents is 1. The van der Waals surface area contributed by atoms with Crippen LogP contribution in [0.15, 0.2) is 79.1 Å². The summed E-state index contributed by atoms with van der Waals surface area (Å²) in [5.74, 6) is -0.756. The largest absolute Gasteiger partial charge is 0.508 e. The lowest BCUT2D eigenvalue weighted by atomic mass is 9.91. The molecule has 1 saturated carbocycles. The molecule has 258 valence electrons. The van der Waals surface area contributed by atoms with Gasteiger partial charge < -0.3 is 29.6 Å². The summed E-state index contributed by atoms with van der Waals surface area (Å²) in [7, 11) is 0. The third-order valence-corrected chi connectivity index (χ3v) is 9.33. The van der Waals surface area contributed by atoms with Gasteiger partial charge in [-0.25, -0.2) is 14.4 Å². The summed E-state index contributed by atoms with van der Waals surface area (Å²) in [4.78, 5) is 37.3. The molecule has 4 heterocycles. The Kier molecular flexibility index (Phi) is 9.72. The first-order chi connectivity index (χ1) is 24.3. The molecule has 1 aliphatic carbocycles. The van der Waals surface area contributed by atoms with E-state index in [2.05, 4.69) is 25.5 Å². The van der Waals surface area contributed by atoms with Crippen molar-refractivity contribution in [2.45, 2.75) is 51.2 Å². The summed E-state index contributed by atoms with van der Waals surface area (Å²) in [6.07, 6.45) is 5.39. The number of imidazole rings is 1. The number of halogens is 1. The van der Waals surface area contributed by atoms with Gasteiger partial charge in [-0.05, 0) is 91.8 Å². The monoisotopic (exact) mass is 678 g/mol. The molecule has 2 aliphatic rings. The van der Waals surface area contributed by atoms with E-state index in [1.807, 2.05) is 53.8 Å². The van der Waals surface area contributed by atoms with Crippen molar-refractivity contribution in [3.63, 3.8) is 0 Å². The summed E-state index contributed by atoms with van der Waals surface area (Å²) in [5, 5.41) is 16.3. The number of fused-ring (bicyclic) bond motifs is 1. The zero-order valence-corrected chi connectivity index (χ0v) is 27.8. The number of rotatable bonds is 9. The number of benzene rings is 2. The van der Waals surface area contributed by atoms with E-state index in [4.69, 9.17) is 9.47 Å². The van der Waals surface area contributed by atoms with Gasteiger partial charge in [-0.2, -0.15) is 0 Å². The molecule has 0 unspecified atom stereocenters. The first-order valence-electron chi connectivity index (χ1n) is 16.9. The molecular weight excluding hydrogens is 639 g/mol. The Morgan fingerprint density at radius 2 is 1.70 bits per heavy atom. The molecule has 0 radical (unpaired) electrons. The summed E-state index contributed by atoms with van der Waals surface area (Å²) in [6.45, 7) is 5.56. The minimum Gasteiger partial charge on any atom is -0.508 e. The molecule has 3 aromatic heterocycles. The summed E-state index contributed by atoms with van der Waals surface area (Å²) < 4.78 is 27.9. The number of amides is 2. The maximum Gasteiger partial charge on any atom is 0.271 e. The second kappa shape index (κ2) is 14.7. The smallest absolute Gasteiger partial charge is 0.271 e. The highest BCUT2D eigenvalue weighted by Gasteiger charge is 2.27. The molecule has 0 atom stereocenters. The van der Waals surface area contributed by atoms with Gasteiger partial charge in [-0.1, -0.05) is 24.3 Å². The maximum absolute atomic E-state index is 14.4. The van der Waals surface area contributed by atoms with Crippen molar-refractivity contribution in [1.29, 1.82) is 0 Å². The molecule has 11 nitrogen and oxygen atoms in total. The number of aromatic nitrogens is 3. The van der Waals surface area contributed by atoms with Crippen molar-refractivity contribution in [2.75, 3.05) is 26.3 Å². The first-order valence-corrected chi connectivity index (χ1v) is 16.9. The Hall–Kier alpha value is -5.33. The molecule has 7 rings (SSSR count). The van der Waals surface area contributed by atoms with Crippen molar-refractivity contribution < 1.29 is 28.6 Å². The van der Waals surface area contributed by atoms with Crippen LogP contribution in [0.4, 0.5) is 4.39 Å². The van der Waals surface area contributed by atoms with E-state index in [0.29, 0.717) is 56.9 Å². The number of hydrogen-bond donors (Lipinski definition) is 3. The number of aryl methyl sites for hydroxylation is 1. The number of pyridine rings is 2. The first kappa shape index (κ1) is 33.2. The van der Waals surface area contributed by atoms with Crippen molar-refractivity contribution >= 4 is 17.5 Å². The lowest BCUT2D eigenvalue weighted by Crippen LogP contribution is -2.44. The SMILES string of the molecule is Cc1cccc2nc(C(=O)N[C@H]3CC[C@@H](NC(=O)c4cc(F)cnc4Oc4cccc(-c5ccc(O)cc5CN5CCOCC5)c4)CC3)cn12. The van der Waals surface area contributed by atoms with E-state index < -0.39 is 11.7 Å². The van der Waals surface area contributed by atoms with Crippen LogP contribution >= 0.6 is 0 Å².